The second-order valence-corrected chi connectivity index (χ2v) is 4.97. The molecule has 3 rings (SSSR count). The minimum absolute atomic E-state index is 0.115. The van der Waals surface area contributed by atoms with Crippen LogP contribution in [0.5, 0.6) is 0 Å². The van der Waals surface area contributed by atoms with Crippen LogP contribution in [-0.2, 0) is 6.18 Å². The van der Waals surface area contributed by atoms with E-state index in [1.54, 1.807) is 24.3 Å². The topological polar surface area (TPSA) is 63.6 Å². The third kappa shape index (κ3) is 3.01. The molecule has 8 heteroatoms. The number of nitrogens with one attached hydrogen (secondary N) is 1. The van der Waals surface area contributed by atoms with Crippen LogP contribution in [0.3, 0.4) is 0 Å². The van der Waals surface area contributed by atoms with Crippen LogP contribution in [-0.4, -0.2) is 20.0 Å². The Morgan fingerprint density at radius 2 is 1.78 bits per heavy atom. The van der Waals surface area contributed by atoms with Gasteiger partial charge in [0.05, 0.1) is 5.69 Å². The second kappa shape index (κ2) is 5.38. The molecule has 3 aromatic rings. The van der Waals surface area contributed by atoms with Gasteiger partial charge in [-0.25, -0.2) is 9.78 Å². The zero-order chi connectivity index (χ0) is 16.6. The summed E-state index contributed by atoms with van der Waals surface area (Å²) in [6.07, 6.45) is -4.60. The molecule has 0 atom stereocenters. The lowest BCUT2D eigenvalue weighted by molar-refractivity contribution is -0.142. The van der Waals surface area contributed by atoms with Crippen molar-refractivity contribution in [2.75, 3.05) is 0 Å². The van der Waals surface area contributed by atoms with E-state index in [2.05, 4.69) is 15.3 Å². The molecule has 118 valence electrons. The van der Waals surface area contributed by atoms with Gasteiger partial charge in [-0.2, -0.15) is 23.4 Å². The van der Waals surface area contributed by atoms with Crippen LogP contribution in [0.4, 0.5) is 13.2 Å². The number of H-pyrrole nitrogens is 1. The van der Waals surface area contributed by atoms with E-state index in [0.717, 1.165) is 17.7 Å². The number of benzene rings is 1. The van der Waals surface area contributed by atoms with E-state index in [-0.39, 0.29) is 11.5 Å². The number of nitrogens with zero attached hydrogens (tertiary/aromatic N) is 3. The summed E-state index contributed by atoms with van der Waals surface area (Å²) < 4.78 is 40.4. The SMILES string of the molecule is Cc1ccc(-c2cc(C(F)(F)F)n(-c3ccc(=O)[nH]n3)n2)cc1. The first-order valence-electron chi connectivity index (χ1n) is 6.65. The third-order valence-electron chi connectivity index (χ3n) is 3.23. The Bertz CT molecular complexity index is 874. The van der Waals surface area contributed by atoms with E-state index in [1.165, 1.54) is 6.07 Å². The lowest BCUT2D eigenvalue weighted by Crippen LogP contribution is -2.16. The minimum atomic E-state index is -4.60. The van der Waals surface area contributed by atoms with Gasteiger partial charge in [-0.05, 0) is 19.1 Å². The van der Waals surface area contributed by atoms with E-state index in [4.69, 9.17) is 0 Å². The van der Waals surface area contributed by atoms with E-state index in [0.29, 0.717) is 10.2 Å². The molecule has 0 fully saturated rings. The van der Waals surface area contributed by atoms with E-state index < -0.39 is 17.4 Å². The van der Waals surface area contributed by atoms with E-state index in [1.807, 2.05) is 6.92 Å². The fraction of sp³-hybridized carbons (Fsp3) is 0.133. The minimum Gasteiger partial charge on any atom is -0.268 e. The molecule has 1 N–H and O–H groups in total. The van der Waals surface area contributed by atoms with Crippen molar-refractivity contribution in [1.82, 2.24) is 20.0 Å². The molecule has 2 aromatic heterocycles. The smallest absolute Gasteiger partial charge is 0.268 e. The van der Waals surface area contributed by atoms with Crippen molar-refractivity contribution in [3.63, 3.8) is 0 Å². The molecule has 0 aliphatic carbocycles. The van der Waals surface area contributed by atoms with Gasteiger partial charge in [0.15, 0.2) is 11.5 Å². The molecular formula is C15H11F3N4O. The van der Waals surface area contributed by atoms with Gasteiger partial charge in [-0.1, -0.05) is 29.8 Å². The first-order chi connectivity index (χ1) is 10.8. The number of hydrogen-bond donors (Lipinski definition) is 1. The van der Waals surface area contributed by atoms with Gasteiger partial charge in [-0.15, -0.1) is 0 Å². The number of aromatic nitrogens is 4. The van der Waals surface area contributed by atoms with Crippen LogP contribution in [0.2, 0.25) is 0 Å². The lowest BCUT2D eigenvalue weighted by atomic mass is 10.1. The zero-order valence-corrected chi connectivity index (χ0v) is 11.9. The normalized spacial score (nSPS) is 11.7. The molecule has 0 bridgehead atoms. The molecule has 23 heavy (non-hydrogen) atoms. The Kier molecular flexibility index (Phi) is 3.51. The predicted molar refractivity (Wildman–Crippen MR) is 77.2 cm³/mol. The average Bonchev–Trinajstić information content (AvgIpc) is 2.94. The first-order valence-corrected chi connectivity index (χ1v) is 6.65. The highest BCUT2D eigenvalue weighted by atomic mass is 19.4. The summed E-state index contributed by atoms with van der Waals surface area (Å²) in [6, 6.07) is 10.2. The van der Waals surface area contributed by atoms with Crippen LogP contribution in [0.1, 0.15) is 11.3 Å². The van der Waals surface area contributed by atoms with Crippen molar-refractivity contribution >= 4 is 0 Å². The Morgan fingerprint density at radius 1 is 1.09 bits per heavy atom. The van der Waals surface area contributed by atoms with Gasteiger partial charge < -0.3 is 0 Å². The molecule has 0 saturated heterocycles. The average molecular weight is 320 g/mol. The molecule has 0 amide bonds. The summed E-state index contributed by atoms with van der Waals surface area (Å²) in [5.41, 5.74) is 0.252. The third-order valence-corrected chi connectivity index (χ3v) is 3.23. The Hall–Kier alpha value is -2.90. The van der Waals surface area contributed by atoms with Crippen LogP contribution in [0.15, 0.2) is 47.3 Å². The van der Waals surface area contributed by atoms with Gasteiger partial charge in [0.25, 0.3) is 5.56 Å². The van der Waals surface area contributed by atoms with Gasteiger partial charge >= 0.3 is 6.18 Å². The first kappa shape index (κ1) is 15.0. The largest absolute Gasteiger partial charge is 0.433 e. The van der Waals surface area contributed by atoms with E-state index in [9.17, 15) is 18.0 Å². The summed E-state index contributed by atoms with van der Waals surface area (Å²) in [6.45, 7) is 1.88. The highest BCUT2D eigenvalue weighted by Gasteiger charge is 2.36. The maximum atomic E-state index is 13.2. The fourth-order valence-corrected chi connectivity index (χ4v) is 2.08. The van der Waals surface area contributed by atoms with Gasteiger partial charge in [-0.3, -0.25) is 4.79 Å². The highest BCUT2D eigenvalue weighted by molar-refractivity contribution is 5.60. The van der Waals surface area contributed by atoms with Gasteiger partial charge in [0.2, 0.25) is 0 Å². The van der Waals surface area contributed by atoms with Crippen LogP contribution >= 0.6 is 0 Å². The molecule has 0 spiro atoms. The van der Waals surface area contributed by atoms with Gasteiger partial charge in [0, 0.05) is 11.6 Å². The van der Waals surface area contributed by atoms with Crippen molar-refractivity contribution in [3.8, 4) is 17.1 Å². The fourth-order valence-electron chi connectivity index (χ4n) is 2.08. The van der Waals surface area contributed by atoms with Crippen molar-refractivity contribution < 1.29 is 13.2 Å². The summed E-state index contributed by atoms with van der Waals surface area (Å²) in [7, 11) is 0. The van der Waals surface area contributed by atoms with Crippen LogP contribution in [0.25, 0.3) is 17.1 Å². The van der Waals surface area contributed by atoms with Crippen LogP contribution < -0.4 is 5.56 Å². The molecule has 0 radical (unpaired) electrons. The molecule has 0 saturated carbocycles. The Labute approximate surface area is 128 Å². The maximum absolute atomic E-state index is 13.2. The van der Waals surface area contributed by atoms with Crippen LogP contribution in [0, 0.1) is 6.92 Å². The Balaban J connectivity index is 2.16. The molecular weight excluding hydrogens is 309 g/mol. The quantitative estimate of drug-likeness (QED) is 0.789. The van der Waals surface area contributed by atoms with Crippen molar-refractivity contribution in [1.29, 1.82) is 0 Å². The zero-order valence-electron chi connectivity index (χ0n) is 11.9. The highest BCUT2D eigenvalue weighted by Crippen LogP contribution is 2.33. The summed E-state index contributed by atoms with van der Waals surface area (Å²) >= 11 is 0. The number of aromatic amines is 1. The monoisotopic (exact) mass is 320 g/mol. The molecule has 5 nitrogen and oxygen atoms in total. The van der Waals surface area contributed by atoms with Crippen molar-refractivity contribution in [2.24, 2.45) is 0 Å². The molecule has 0 aliphatic rings. The second-order valence-electron chi connectivity index (χ2n) is 4.97. The Morgan fingerprint density at radius 3 is 2.35 bits per heavy atom. The predicted octanol–water partition coefficient (Wildman–Crippen LogP) is 2.95. The number of alkyl halides is 3. The van der Waals surface area contributed by atoms with E-state index >= 15 is 0 Å². The molecule has 0 unspecified atom stereocenters. The molecule has 2 heterocycles. The number of rotatable bonds is 2. The summed E-state index contributed by atoms with van der Waals surface area (Å²) in [5, 5.41) is 9.70. The van der Waals surface area contributed by atoms with Gasteiger partial charge in [0.1, 0.15) is 0 Å². The molecule has 1 aromatic carbocycles. The number of aryl methyl sites for hydroxylation is 1. The summed E-state index contributed by atoms with van der Waals surface area (Å²) in [5.74, 6) is -0.115. The lowest BCUT2D eigenvalue weighted by Gasteiger charge is -2.08. The van der Waals surface area contributed by atoms with Crippen molar-refractivity contribution in [3.05, 3.63) is 64.1 Å². The number of hydrogen-bond acceptors (Lipinski definition) is 3. The molecule has 0 aliphatic heterocycles. The maximum Gasteiger partial charge on any atom is 0.433 e. The number of halogens is 3. The standard InChI is InChI=1S/C15H11F3N4O/c1-9-2-4-10(5-3-9)11-8-12(15(16,17)18)22(21-11)13-6-7-14(23)20-19-13/h2-8H,1H3,(H,20,23). The summed E-state index contributed by atoms with van der Waals surface area (Å²) in [4.78, 5) is 11.0. The van der Waals surface area contributed by atoms with Crippen molar-refractivity contribution in [2.45, 2.75) is 13.1 Å².